The summed E-state index contributed by atoms with van der Waals surface area (Å²) in [4.78, 5) is 12.2. The van der Waals surface area contributed by atoms with Crippen LogP contribution in [0.4, 0.5) is 0 Å². The van der Waals surface area contributed by atoms with Gasteiger partial charge in [0.25, 0.3) is 0 Å². The number of benzene rings is 1. The lowest BCUT2D eigenvalue weighted by Gasteiger charge is -2.40. The van der Waals surface area contributed by atoms with Crippen molar-refractivity contribution in [3.63, 3.8) is 0 Å². The van der Waals surface area contributed by atoms with E-state index in [0.29, 0.717) is 25.7 Å². The first-order chi connectivity index (χ1) is 17.8. The highest BCUT2D eigenvalue weighted by Crippen LogP contribution is 2.38. The van der Waals surface area contributed by atoms with Gasteiger partial charge in [-0.2, -0.15) is 0 Å². The van der Waals surface area contributed by atoms with Gasteiger partial charge in [0.2, 0.25) is 0 Å². The van der Waals surface area contributed by atoms with Crippen molar-refractivity contribution in [2.24, 2.45) is 0 Å². The van der Waals surface area contributed by atoms with Gasteiger partial charge in [0.05, 0.1) is 12.2 Å². The van der Waals surface area contributed by atoms with Gasteiger partial charge in [0, 0.05) is 12.8 Å². The van der Waals surface area contributed by atoms with Crippen LogP contribution in [0.25, 0.3) is 0 Å². The maximum atomic E-state index is 12.2. The van der Waals surface area contributed by atoms with E-state index >= 15 is 0 Å². The quantitative estimate of drug-likeness (QED) is 0.121. The second-order valence-corrected chi connectivity index (χ2v) is 16.9. The van der Waals surface area contributed by atoms with Crippen LogP contribution in [0.5, 0.6) is 0 Å². The maximum absolute atomic E-state index is 12.2. The third-order valence-electron chi connectivity index (χ3n) is 7.50. The van der Waals surface area contributed by atoms with Gasteiger partial charge in [-0.15, -0.1) is 6.58 Å². The van der Waals surface area contributed by atoms with Crippen LogP contribution in [0.15, 0.2) is 66.3 Å². The molecule has 0 fully saturated rings. The van der Waals surface area contributed by atoms with Gasteiger partial charge >= 0.3 is 5.97 Å². The molecule has 1 rings (SSSR count). The fourth-order valence-electron chi connectivity index (χ4n) is 4.09. The van der Waals surface area contributed by atoms with E-state index in [9.17, 15) is 9.90 Å². The van der Waals surface area contributed by atoms with Crippen LogP contribution in [0, 0.1) is 0 Å². The van der Waals surface area contributed by atoms with Crippen molar-refractivity contribution in [1.82, 2.24) is 0 Å². The molecule has 1 N–H and O–H groups in total. The molecule has 0 spiro atoms. The monoisotopic (exact) mass is 542 g/mol. The highest BCUT2D eigenvalue weighted by Gasteiger charge is 2.39. The number of hydrogen-bond acceptors (Lipinski definition) is 4. The molecule has 38 heavy (non-hydrogen) atoms. The number of ether oxygens (including phenoxy) is 1. The smallest absolute Gasteiger partial charge is 0.305 e. The zero-order valence-electron chi connectivity index (χ0n) is 25.4. The Labute approximate surface area is 234 Å². The van der Waals surface area contributed by atoms with Crippen molar-refractivity contribution in [2.45, 2.75) is 129 Å². The summed E-state index contributed by atoms with van der Waals surface area (Å²) in [5.74, 6) is -0.217. The van der Waals surface area contributed by atoms with Gasteiger partial charge in [-0.3, -0.25) is 4.79 Å². The average molecular weight is 543 g/mol. The zero-order chi connectivity index (χ0) is 28.8. The van der Waals surface area contributed by atoms with Crippen LogP contribution in [0.1, 0.15) is 92.1 Å². The molecule has 0 heterocycles. The molecule has 3 atom stereocenters. The largest absolute Gasteiger partial charge is 0.462 e. The molecule has 0 aliphatic rings. The minimum atomic E-state index is -2.02. The van der Waals surface area contributed by atoms with Crippen molar-refractivity contribution in [3.05, 3.63) is 71.8 Å². The van der Waals surface area contributed by atoms with Crippen LogP contribution in [0.3, 0.4) is 0 Å². The molecule has 1 aromatic rings. The molecule has 0 bridgehead atoms. The third-order valence-corrected chi connectivity index (χ3v) is 12.0. The van der Waals surface area contributed by atoms with E-state index in [0.717, 1.165) is 25.7 Å². The molecule has 0 saturated carbocycles. The predicted molar refractivity (Wildman–Crippen MR) is 164 cm³/mol. The number of aliphatic hydroxyl groups is 1. The number of hydrogen-bond donors (Lipinski definition) is 1. The van der Waals surface area contributed by atoms with Crippen LogP contribution in [-0.4, -0.2) is 37.7 Å². The normalized spacial score (nSPS) is 15.6. The fourth-order valence-corrected chi connectivity index (χ4v) is 5.45. The Morgan fingerprint density at radius 2 is 1.68 bits per heavy atom. The molecule has 214 valence electrons. The lowest BCUT2D eigenvalue weighted by Crippen LogP contribution is -2.45. The Bertz CT molecular complexity index is 895. The first-order valence-corrected chi connectivity index (χ1v) is 17.2. The summed E-state index contributed by atoms with van der Waals surface area (Å²) in [6.45, 7) is 21.1. The van der Waals surface area contributed by atoms with Gasteiger partial charge in [0.15, 0.2) is 8.32 Å². The fraction of sp³-hybridized carbons (Fsp3) is 0.606. The summed E-state index contributed by atoms with van der Waals surface area (Å²) >= 11 is 0. The first-order valence-electron chi connectivity index (χ1n) is 14.3. The summed E-state index contributed by atoms with van der Waals surface area (Å²) in [6, 6.07) is 10.4. The van der Waals surface area contributed by atoms with E-state index in [-0.39, 0.29) is 23.2 Å². The minimum Gasteiger partial charge on any atom is -0.462 e. The number of aliphatic hydroxyl groups excluding tert-OH is 1. The number of esters is 1. The van der Waals surface area contributed by atoms with Gasteiger partial charge in [-0.05, 0) is 76.1 Å². The molecule has 5 heteroatoms. The maximum Gasteiger partial charge on any atom is 0.305 e. The van der Waals surface area contributed by atoms with Gasteiger partial charge in [-0.1, -0.05) is 87.4 Å². The molecule has 0 radical (unpaired) electrons. The topological polar surface area (TPSA) is 55.8 Å². The summed E-state index contributed by atoms with van der Waals surface area (Å²) in [5.41, 5.74) is 3.79. The Kier molecular flexibility index (Phi) is 15.1. The lowest BCUT2D eigenvalue weighted by atomic mass is 9.97. The molecular formula is C33H54O4Si. The second-order valence-electron chi connectivity index (χ2n) is 12.1. The Morgan fingerprint density at radius 1 is 1.05 bits per heavy atom. The standard InChI is InChI=1S/C33H54O4Si/c1-10-12-16-27(4)23-31(37-38(8,9)33(5,6)7)25-29(34)24-30(36-32(35)11-2)22-20-26(3)19-21-28-17-14-13-15-18-28/h10,13-19,29-31,34H,1,11-12,20-25H2,2-9H3/b26-19+,27-16+/t29-,30+,31+/m0/s1. The highest BCUT2D eigenvalue weighted by atomic mass is 28.4. The van der Waals surface area contributed by atoms with Crippen LogP contribution in [0.2, 0.25) is 18.1 Å². The number of carbonyl (C=O) groups excluding carboxylic acids is 1. The molecule has 0 saturated heterocycles. The third kappa shape index (κ3) is 13.7. The van der Waals surface area contributed by atoms with E-state index in [1.807, 2.05) is 19.1 Å². The average Bonchev–Trinajstić information content (AvgIpc) is 2.84. The van der Waals surface area contributed by atoms with Crippen LogP contribution < -0.4 is 0 Å². The molecule has 0 aromatic heterocycles. The Hall–Kier alpha value is -1.95. The number of allylic oxidation sites excluding steroid dienone is 4. The van der Waals surface area contributed by atoms with Crippen LogP contribution >= 0.6 is 0 Å². The SMILES string of the molecule is C=CC/C=C(\C)C[C@H](C[C@@H](O)C[C@@H](CC/C(C)=C/Cc1ccccc1)OC(=O)CC)O[Si](C)(C)C(C)(C)C. The van der Waals surface area contributed by atoms with E-state index < -0.39 is 14.4 Å². The summed E-state index contributed by atoms with van der Waals surface area (Å²) < 4.78 is 12.5. The van der Waals surface area contributed by atoms with E-state index in [1.54, 1.807) is 0 Å². The van der Waals surface area contributed by atoms with Gasteiger partial charge in [0.1, 0.15) is 6.10 Å². The first kappa shape index (κ1) is 34.1. The zero-order valence-corrected chi connectivity index (χ0v) is 26.4. The summed E-state index contributed by atoms with van der Waals surface area (Å²) in [7, 11) is -2.02. The molecule has 0 aliphatic heterocycles. The second kappa shape index (κ2) is 16.9. The van der Waals surface area contributed by atoms with Crippen molar-refractivity contribution in [3.8, 4) is 0 Å². The minimum absolute atomic E-state index is 0.0811. The van der Waals surface area contributed by atoms with Crippen LogP contribution in [-0.2, 0) is 20.4 Å². The Balaban J connectivity index is 2.90. The van der Waals surface area contributed by atoms with E-state index in [4.69, 9.17) is 9.16 Å². The number of carbonyl (C=O) groups is 1. The molecule has 1 aromatic carbocycles. The Morgan fingerprint density at radius 3 is 2.26 bits per heavy atom. The number of rotatable bonds is 17. The van der Waals surface area contributed by atoms with Gasteiger partial charge < -0.3 is 14.3 Å². The molecular weight excluding hydrogens is 488 g/mol. The summed E-state index contributed by atoms with van der Waals surface area (Å²) in [5, 5.41) is 11.3. The molecule has 4 nitrogen and oxygen atoms in total. The lowest BCUT2D eigenvalue weighted by molar-refractivity contribution is -0.150. The van der Waals surface area contributed by atoms with E-state index in [1.165, 1.54) is 16.7 Å². The molecule has 0 aliphatic carbocycles. The van der Waals surface area contributed by atoms with Gasteiger partial charge in [-0.25, -0.2) is 0 Å². The summed E-state index contributed by atoms with van der Waals surface area (Å²) in [6.07, 6.45) is 10.6. The molecule has 0 amide bonds. The van der Waals surface area contributed by atoms with Crippen molar-refractivity contribution < 1.29 is 19.1 Å². The van der Waals surface area contributed by atoms with Crippen molar-refractivity contribution in [2.75, 3.05) is 0 Å². The highest BCUT2D eigenvalue weighted by molar-refractivity contribution is 6.74. The van der Waals surface area contributed by atoms with E-state index in [2.05, 4.69) is 90.7 Å². The van der Waals surface area contributed by atoms with Crippen molar-refractivity contribution >= 4 is 14.3 Å². The molecule has 0 unspecified atom stereocenters. The van der Waals surface area contributed by atoms with Crippen molar-refractivity contribution in [1.29, 1.82) is 0 Å². The predicted octanol–water partition coefficient (Wildman–Crippen LogP) is 8.72.